The molecule has 0 amide bonds. The molecule has 1 aromatic heterocycles. The fraction of sp³-hybridized carbons (Fsp3) is 0.0435. The first-order valence-electron chi connectivity index (χ1n) is 8.45. The summed E-state index contributed by atoms with van der Waals surface area (Å²) >= 11 is 0. The molecule has 0 fully saturated rings. The molecule has 0 saturated heterocycles. The maximum absolute atomic E-state index is 12.9. The molecule has 3 nitrogen and oxygen atoms in total. The number of aryl methyl sites for hydroxylation is 1. The second kappa shape index (κ2) is 6.81. The zero-order chi connectivity index (χ0) is 17.9. The van der Waals surface area contributed by atoms with Gasteiger partial charge in [-0.05, 0) is 30.7 Å². The highest BCUT2D eigenvalue weighted by Crippen LogP contribution is 2.27. The predicted octanol–water partition coefficient (Wildman–Crippen LogP) is 5.43. The molecule has 0 N–H and O–H groups in total. The van der Waals surface area contributed by atoms with Crippen LogP contribution in [0.4, 0.5) is 0 Å². The fourth-order valence-corrected chi connectivity index (χ4v) is 2.97. The highest BCUT2D eigenvalue weighted by molar-refractivity contribution is 6.06. The van der Waals surface area contributed by atoms with E-state index in [1.165, 1.54) is 0 Å². The van der Waals surface area contributed by atoms with Gasteiger partial charge in [0, 0.05) is 10.9 Å². The number of aromatic nitrogens is 1. The van der Waals surface area contributed by atoms with Gasteiger partial charge in [-0.15, -0.1) is 0 Å². The molecule has 0 spiro atoms. The van der Waals surface area contributed by atoms with Gasteiger partial charge in [0.15, 0.2) is 0 Å². The highest BCUT2D eigenvalue weighted by atomic mass is 16.5. The van der Waals surface area contributed by atoms with Gasteiger partial charge in [-0.3, -0.25) is 0 Å². The maximum atomic E-state index is 12.9. The molecular formula is C23H17NO2. The number of hydrogen-bond acceptors (Lipinski definition) is 3. The first-order valence-corrected chi connectivity index (χ1v) is 8.45. The summed E-state index contributed by atoms with van der Waals surface area (Å²) in [4.78, 5) is 17.7. The third kappa shape index (κ3) is 3.07. The summed E-state index contributed by atoms with van der Waals surface area (Å²) in [5.74, 6) is 0.141. The van der Waals surface area contributed by atoms with E-state index in [4.69, 9.17) is 9.72 Å². The number of carbonyl (C=O) groups is 1. The minimum Gasteiger partial charge on any atom is -0.423 e. The molecule has 3 aromatic carbocycles. The first kappa shape index (κ1) is 16.0. The number of benzene rings is 3. The van der Waals surface area contributed by atoms with Crippen LogP contribution in [0.25, 0.3) is 22.2 Å². The van der Waals surface area contributed by atoms with Gasteiger partial charge in [-0.1, -0.05) is 66.7 Å². The summed E-state index contributed by atoms with van der Waals surface area (Å²) in [6.45, 7) is 2.00. The van der Waals surface area contributed by atoms with Crippen molar-refractivity contribution in [2.45, 2.75) is 6.92 Å². The van der Waals surface area contributed by atoms with E-state index in [2.05, 4.69) is 0 Å². The van der Waals surface area contributed by atoms with Gasteiger partial charge in [-0.2, -0.15) is 0 Å². The third-order valence-electron chi connectivity index (χ3n) is 4.28. The van der Waals surface area contributed by atoms with Crippen molar-refractivity contribution in [2.75, 3.05) is 0 Å². The van der Waals surface area contributed by atoms with Crippen molar-refractivity contribution in [2.24, 2.45) is 0 Å². The van der Waals surface area contributed by atoms with Crippen LogP contribution in [0, 0.1) is 6.92 Å². The van der Waals surface area contributed by atoms with Crippen LogP contribution in [0.3, 0.4) is 0 Å². The van der Waals surface area contributed by atoms with Gasteiger partial charge in [0.05, 0.1) is 16.8 Å². The van der Waals surface area contributed by atoms with Crippen molar-refractivity contribution in [3.63, 3.8) is 0 Å². The Morgan fingerprint density at radius 3 is 2.27 bits per heavy atom. The topological polar surface area (TPSA) is 39.2 Å². The van der Waals surface area contributed by atoms with Crippen LogP contribution in [0.5, 0.6) is 5.75 Å². The molecule has 0 saturated carbocycles. The lowest BCUT2D eigenvalue weighted by Gasteiger charge is -2.11. The second-order valence-corrected chi connectivity index (χ2v) is 6.09. The number of pyridine rings is 1. The number of rotatable bonds is 3. The van der Waals surface area contributed by atoms with Crippen molar-refractivity contribution in [1.82, 2.24) is 4.98 Å². The number of fused-ring (bicyclic) bond motifs is 1. The highest BCUT2D eigenvalue weighted by Gasteiger charge is 2.17. The molecule has 0 aliphatic heterocycles. The van der Waals surface area contributed by atoms with Gasteiger partial charge < -0.3 is 4.74 Å². The molecule has 0 radical (unpaired) electrons. The van der Waals surface area contributed by atoms with E-state index in [1.807, 2.05) is 79.7 Å². The number of hydrogen-bond donors (Lipinski definition) is 0. The van der Waals surface area contributed by atoms with Crippen molar-refractivity contribution in [3.8, 4) is 17.0 Å². The van der Waals surface area contributed by atoms with Crippen LogP contribution >= 0.6 is 0 Å². The van der Waals surface area contributed by atoms with Crippen LogP contribution in [0.15, 0.2) is 84.9 Å². The van der Waals surface area contributed by atoms with E-state index in [0.717, 1.165) is 27.7 Å². The molecule has 1 heterocycles. The molecular weight excluding hydrogens is 322 g/mol. The Morgan fingerprint density at radius 2 is 1.54 bits per heavy atom. The van der Waals surface area contributed by atoms with Gasteiger partial charge in [0.25, 0.3) is 0 Å². The lowest BCUT2D eigenvalue weighted by Crippen LogP contribution is -2.10. The second-order valence-electron chi connectivity index (χ2n) is 6.09. The number of esters is 1. The van der Waals surface area contributed by atoms with Crippen molar-refractivity contribution >= 4 is 16.9 Å². The molecule has 26 heavy (non-hydrogen) atoms. The minimum atomic E-state index is -0.383. The Labute approximate surface area is 151 Å². The van der Waals surface area contributed by atoms with Gasteiger partial charge in [0.2, 0.25) is 0 Å². The summed E-state index contributed by atoms with van der Waals surface area (Å²) in [5, 5.41) is 0.797. The van der Waals surface area contributed by atoms with E-state index in [1.54, 1.807) is 12.1 Å². The summed E-state index contributed by atoms with van der Waals surface area (Å²) < 4.78 is 5.57. The summed E-state index contributed by atoms with van der Waals surface area (Å²) in [6, 6.07) is 26.6. The van der Waals surface area contributed by atoms with Crippen LogP contribution in [-0.2, 0) is 0 Å². The van der Waals surface area contributed by atoms with Crippen molar-refractivity contribution in [1.29, 1.82) is 0 Å². The van der Waals surface area contributed by atoms with Crippen molar-refractivity contribution in [3.05, 3.63) is 96.1 Å². The Balaban J connectivity index is 1.87. The summed E-state index contributed by atoms with van der Waals surface area (Å²) in [6.07, 6.45) is 0. The average Bonchev–Trinajstić information content (AvgIpc) is 2.69. The Hall–Kier alpha value is -3.46. The predicted molar refractivity (Wildman–Crippen MR) is 103 cm³/mol. The van der Waals surface area contributed by atoms with E-state index in [9.17, 15) is 4.79 Å². The molecule has 126 valence electrons. The van der Waals surface area contributed by atoms with E-state index >= 15 is 0 Å². The zero-order valence-electron chi connectivity index (χ0n) is 14.3. The first-order chi connectivity index (χ1) is 12.7. The van der Waals surface area contributed by atoms with Gasteiger partial charge in [-0.25, -0.2) is 9.78 Å². The molecule has 0 aliphatic rings. The molecule has 0 unspecified atom stereocenters. The Bertz CT molecular complexity index is 1070. The van der Waals surface area contributed by atoms with Gasteiger partial charge >= 0.3 is 5.97 Å². The van der Waals surface area contributed by atoms with Crippen LogP contribution < -0.4 is 4.74 Å². The maximum Gasteiger partial charge on any atom is 0.344 e. The molecule has 4 aromatic rings. The standard InChI is InChI=1S/C23H17NO2/c1-16-9-8-14-19-20(23(25)26-18-12-6-3-7-13-18)15-21(24-22(16)19)17-10-4-2-5-11-17/h2-15H,1H3. The van der Waals surface area contributed by atoms with E-state index in [-0.39, 0.29) is 5.97 Å². The lowest BCUT2D eigenvalue weighted by atomic mass is 10.0. The van der Waals surface area contributed by atoms with Crippen LogP contribution in [0.1, 0.15) is 15.9 Å². The fourth-order valence-electron chi connectivity index (χ4n) is 2.97. The van der Waals surface area contributed by atoms with E-state index < -0.39 is 0 Å². The van der Waals surface area contributed by atoms with Crippen LogP contribution in [0.2, 0.25) is 0 Å². The smallest absolute Gasteiger partial charge is 0.344 e. The minimum absolute atomic E-state index is 0.383. The quantitative estimate of drug-likeness (QED) is 0.369. The number of nitrogens with zero attached hydrogens (tertiary/aromatic N) is 1. The lowest BCUT2D eigenvalue weighted by molar-refractivity contribution is 0.0737. The molecule has 4 rings (SSSR count). The molecule has 0 bridgehead atoms. The van der Waals surface area contributed by atoms with Gasteiger partial charge in [0.1, 0.15) is 5.75 Å². The molecule has 3 heteroatoms. The number of ether oxygens (including phenoxy) is 1. The largest absolute Gasteiger partial charge is 0.423 e. The average molecular weight is 339 g/mol. The molecule has 0 aliphatic carbocycles. The Kier molecular flexibility index (Phi) is 4.20. The zero-order valence-corrected chi connectivity index (χ0v) is 14.3. The summed E-state index contributed by atoms with van der Waals surface area (Å²) in [7, 11) is 0. The third-order valence-corrected chi connectivity index (χ3v) is 4.28. The van der Waals surface area contributed by atoms with Crippen molar-refractivity contribution < 1.29 is 9.53 Å². The SMILES string of the molecule is Cc1cccc2c(C(=O)Oc3ccccc3)cc(-c3ccccc3)nc12. The normalized spacial score (nSPS) is 10.7. The number of carbonyl (C=O) groups excluding carboxylic acids is 1. The van der Waals surface area contributed by atoms with Crippen LogP contribution in [-0.4, -0.2) is 11.0 Å². The molecule has 0 atom stereocenters. The Morgan fingerprint density at radius 1 is 0.846 bits per heavy atom. The van der Waals surface area contributed by atoms with E-state index in [0.29, 0.717) is 11.3 Å². The monoisotopic (exact) mass is 339 g/mol. The number of para-hydroxylation sites is 2. The summed E-state index contributed by atoms with van der Waals surface area (Å²) in [5.41, 5.74) is 4.07.